The van der Waals surface area contributed by atoms with Gasteiger partial charge in [0.1, 0.15) is 5.82 Å². The number of carbonyl (C=O) groups is 2. The first-order chi connectivity index (χ1) is 15.5. The van der Waals surface area contributed by atoms with E-state index < -0.39 is 0 Å². The molecule has 1 aliphatic rings. The fourth-order valence-electron chi connectivity index (χ4n) is 4.04. The number of benzene rings is 2. The van der Waals surface area contributed by atoms with E-state index in [4.69, 9.17) is 5.10 Å². The van der Waals surface area contributed by atoms with E-state index in [9.17, 15) is 9.59 Å². The first-order valence-corrected chi connectivity index (χ1v) is 11.3. The molecule has 6 nitrogen and oxygen atoms in total. The number of para-hydroxylation sites is 1. The second-order valence-electron chi connectivity index (χ2n) is 8.46. The molecule has 1 fully saturated rings. The fourth-order valence-corrected chi connectivity index (χ4v) is 4.04. The van der Waals surface area contributed by atoms with Crippen molar-refractivity contribution in [2.24, 2.45) is 5.92 Å². The quantitative estimate of drug-likeness (QED) is 0.561. The zero-order valence-corrected chi connectivity index (χ0v) is 19.0. The number of nitrogens with zero attached hydrogens (tertiary/aromatic N) is 3. The number of aryl methyl sites for hydroxylation is 2. The highest BCUT2D eigenvalue weighted by atomic mass is 16.2. The van der Waals surface area contributed by atoms with Crippen LogP contribution >= 0.6 is 0 Å². The molecule has 2 aromatic carbocycles. The summed E-state index contributed by atoms with van der Waals surface area (Å²) < 4.78 is 1.80. The average Bonchev–Trinajstić information content (AvgIpc) is 3.58. The highest BCUT2D eigenvalue weighted by Crippen LogP contribution is 2.34. The van der Waals surface area contributed by atoms with E-state index in [-0.39, 0.29) is 24.3 Å². The maximum atomic E-state index is 13.2. The van der Waals surface area contributed by atoms with Crippen LogP contribution in [0.5, 0.6) is 0 Å². The van der Waals surface area contributed by atoms with E-state index in [1.165, 1.54) is 0 Å². The van der Waals surface area contributed by atoms with Crippen molar-refractivity contribution in [3.05, 3.63) is 65.9 Å². The SMILES string of the molecule is CCCN(CC(=O)Nc1c(-c2ccccc2)c(C)nn1-c1ccccc1C)C(=O)C1CC1. The van der Waals surface area contributed by atoms with Gasteiger partial charge in [-0.3, -0.25) is 9.59 Å². The van der Waals surface area contributed by atoms with Crippen molar-refractivity contribution in [3.8, 4) is 16.8 Å². The van der Waals surface area contributed by atoms with Gasteiger partial charge in [0, 0.05) is 18.0 Å². The molecule has 3 aromatic rings. The topological polar surface area (TPSA) is 67.2 Å². The number of rotatable bonds is 8. The Balaban J connectivity index is 1.70. The van der Waals surface area contributed by atoms with E-state index in [0.717, 1.165) is 47.3 Å². The Kier molecular flexibility index (Phi) is 6.40. The number of carbonyl (C=O) groups excluding carboxylic acids is 2. The highest BCUT2D eigenvalue weighted by Gasteiger charge is 2.34. The van der Waals surface area contributed by atoms with Crippen molar-refractivity contribution >= 4 is 17.6 Å². The Labute approximate surface area is 189 Å². The lowest BCUT2D eigenvalue weighted by Gasteiger charge is -2.22. The summed E-state index contributed by atoms with van der Waals surface area (Å²) in [5, 5.41) is 7.88. The van der Waals surface area contributed by atoms with Crippen molar-refractivity contribution in [2.45, 2.75) is 40.0 Å². The number of aromatic nitrogens is 2. The van der Waals surface area contributed by atoms with E-state index in [0.29, 0.717) is 12.4 Å². The van der Waals surface area contributed by atoms with Gasteiger partial charge < -0.3 is 10.2 Å². The molecule has 6 heteroatoms. The van der Waals surface area contributed by atoms with E-state index in [2.05, 4.69) is 5.32 Å². The Bertz CT molecular complexity index is 1120. The minimum Gasteiger partial charge on any atom is -0.333 e. The molecular formula is C26H30N4O2. The van der Waals surface area contributed by atoms with Gasteiger partial charge in [0.05, 0.1) is 17.9 Å². The molecule has 0 radical (unpaired) electrons. The summed E-state index contributed by atoms with van der Waals surface area (Å²) in [6, 6.07) is 17.9. The smallest absolute Gasteiger partial charge is 0.245 e. The number of anilines is 1. The van der Waals surface area contributed by atoms with Gasteiger partial charge in [-0.15, -0.1) is 0 Å². The van der Waals surface area contributed by atoms with Crippen LogP contribution < -0.4 is 5.32 Å². The van der Waals surface area contributed by atoms with Crippen molar-refractivity contribution in [3.63, 3.8) is 0 Å². The summed E-state index contributed by atoms with van der Waals surface area (Å²) >= 11 is 0. The zero-order valence-electron chi connectivity index (χ0n) is 19.0. The molecule has 0 aliphatic heterocycles. The van der Waals surface area contributed by atoms with Gasteiger partial charge in [0.2, 0.25) is 11.8 Å². The highest BCUT2D eigenvalue weighted by molar-refractivity contribution is 5.98. The first kappa shape index (κ1) is 21.8. The number of hydrogen-bond donors (Lipinski definition) is 1. The van der Waals surface area contributed by atoms with Gasteiger partial charge in [-0.05, 0) is 50.3 Å². The predicted octanol–water partition coefficient (Wildman–Crippen LogP) is 4.74. The van der Waals surface area contributed by atoms with Crippen molar-refractivity contribution in [1.29, 1.82) is 0 Å². The molecule has 1 N–H and O–H groups in total. The number of hydrogen-bond acceptors (Lipinski definition) is 3. The molecule has 1 aromatic heterocycles. The van der Waals surface area contributed by atoms with Gasteiger partial charge in [0.25, 0.3) is 0 Å². The molecule has 0 spiro atoms. The van der Waals surface area contributed by atoms with Crippen LogP contribution in [-0.4, -0.2) is 39.6 Å². The standard InChI is InChI=1S/C26H30N4O2/c1-4-16-29(26(32)21-14-15-21)17-23(31)27-25-24(20-11-6-5-7-12-20)19(3)28-30(25)22-13-9-8-10-18(22)2/h5-13,21H,4,14-17H2,1-3H3,(H,27,31). The second kappa shape index (κ2) is 9.39. The third-order valence-corrected chi connectivity index (χ3v) is 5.79. The van der Waals surface area contributed by atoms with Gasteiger partial charge in [0.15, 0.2) is 0 Å². The van der Waals surface area contributed by atoms with Gasteiger partial charge >= 0.3 is 0 Å². The molecule has 0 atom stereocenters. The molecule has 0 unspecified atom stereocenters. The van der Waals surface area contributed by atoms with E-state index in [1.54, 1.807) is 9.58 Å². The Morgan fingerprint density at radius 3 is 2.41 bits per heavy atom. The third kappa shape index (κ3) is 4.59. The normalized spacial score (nSPS) is 13.1. The Hall–Kier alpha value is -3.41. The first-order valence-electron chi connectivity index (χ1n) is 11.3. The van der Waals surface area contributed by atoms with Crippen LogP contribution in [0.2, 0.25) is 0 Å². The van der Waals surface area contributed by atoms with Gasteiger partial charge in [-0.2, -0.15) is 5.10 Å². The van der Waals surface area contributed by atoms with Crippen LogP contribution in [0.3, 0.4) is 0 Å². The lowest BCUT2D eigenvalue weighted by Crippen LogP contribution is -2.39. The van der Waals surface area contributed by atoms with Crippen LogP contribution in [0.25, 0.3) is 16.8 Å². The maximum Gasteiger partial charge on any atom is 0.245 e. The molecule has 0 saturated heterocycles. The van der Waals surface area contributed by atoms with Crippen LogP contribution in [-0.2, 0) is 9.59 Å². The number of amides is 2. The summed E-state index contributed by atoms with van der Waals surface area (Å²) in [5.74, 6) is 0.602. The summed E-state index contributed by atoms with van der Waals surface area (Å²) in [5.41, 5.74) is 4.67. The molecular weight excluding hydrogens is 400 g/mol. The lowest BCUT2D eigenvalue weighted by molar-refractivity contribution is -0.135. The fraction of sp³-hybridized carbons (Fsp3) is 0.346. The minimum absolute atomic E-state index is 0.0510. The van der Waals surface area contributed by atoms with Crippen molar-refractivity contribution in [2.75, 3.05) is 18.4 Å². The summed E-state index contributed by atoms with van der Waals surface area (Å²) in [6.45, 7) is 6.64. The van der Waals surface area contributed by atoms with Crippen LogP contribution in [0.15, 0.2) is 54.6 Å². The van der Waals surface area contributed by atoms with E-state index >= 15 is 0 Å². The summed E-state index contributed by atoms with van der Waals surface area (Å²) in [7, 11) is 0. The molecule has 166 valence electrons. The predicted molar refractivity (Wildman–Crippen MR) is 127 cm³/mol. The third-order valence-electron chi connectivity index (χ3n) is 5.79. The van der Waals surface area contributed by atoms with Crippen molar-refractivity contribution < 1.29 is 9.59 Å². The summed E-state index contributed by atoms with van der Waals surface area (Å²) in [6.07, 6.45) is 2.68. The monoisotopic (exact) mass is 430 g/mol. The molecule has 1 saturated carbocycles. The average molecular weight is 431 g/mol. The van der Waals surface area contributed by atoms with Crippen LogP contribution in [0.1, 0.15) is 37.4 Å². The largest absolute Gasteiger partial charge is 0.333 e. The van der Waals surface area contributed by atoms with Crippen LogP contribution in [0, 0.1) is 19.8 Å². The molecule has 4 rings (SSSR count). The second-order valence-corrected chi connectivity index (χ2v) is 8.46. The van der Waals surface area contributed by atoms with Crippen LogP contribution in [0.4, 0.5) is 5.82 Å². The Morgan fingerprint density at radius 2 is 1.75 bits per heavy atom. The molecule has 1 aliphatic carbocycles. The molecule has 1 heterocycles. The van der Waals surface area contributed by atoms with E-state index in [1.807, 2.05) is 75.4 Å². The Morgan fingerprint density at radius 1 is 1.06 bits per heavy atom. The molecule has 32 heavy (non-hydrogen) atoms. The zero-order chi connectivity index (χ0) is 22.7. The molecule has 0 bridgehead atoms. The lowest BCUT2D eigenvalue weighted by atomic mass is 10.1. The van der Waals surface area contributed by atoms with Gasteiger partial charge in [-0.25, -0.2) is 4.68 Å². The van der Waals surface area contributed by atoms with Crippen molar-refractivity contribution in [1.82, 2.24) is 14.7 Å². The molecule has 2 amide bonds. The minimum atomic E-state index is -0.209. The number of nitrogens with one attached hydrogen (secondary N) is 1. The summed E-state index contributed by atoms with van der Waals surface area (Å²) in [4.78, 5) is 27.5. The maximum absolute atomic E-state index is 13.2. The van der Waals surface area contributed by atoms with Gasteiger partial charge in [-0.1, -0.05) is 55.5 Å².